The highest BCUT2D eigenvalue weighted by atomic mass is 32.1. The van der Waals surface area contributed by atoms with Crippen LogP contribution < -0.4 is 10.6 Å². The van der Waals surface area contributed by atoms with Crippen molar-refractivity contribution < 1.29 is 4.79 Å². The Labute approximate surface area is 152 Å². The maximum Gasteiger partial charge on any atom is 0.315 e. The number of nitrogens with zero attached hydrogens (tertiary/aromatic N) is 2. The van der Waals surface area contributed by atoms with Crippen LogP contribution in [0, 0.1) is 11.8 Å². The molecule has 0 saturated heterocycles. The van der Waals surface area contributed by atoms with E-state index in [4.69, 9.17) is 0 Å². The van der Waals surface area contributed by atoms with Crippen molar-refractivity contribution in [3.63, 3.8) is 0 Å². The van der Waals surface area contributed by atoms with Crippen LogP contribution in [-0.2, 0) is 6.54 Å². The molecule has 2 aliphatic carbocycles. The Hall–Kier alpha value is -1.95. The molecule has 6 heteroatoms. The van der Waals surface area contributed by atoms with Crippen LogP contribution in [0.3, 0.4) is 0 Å². The van der Waals surface area contributed by atoms with E-state index in [0.717, 1.165) is 29.2 Å². The van der Waals surface area contributed by atoms with Crippen LogP contribution in [0.15, 0.2) is 29.9 Å². The summed E-state index contributed by atoms with van der Waals surface area (Å²) >= 11 is 1.41. The maximum atomic E-state index is 12.2. The molecule has 0 aromatic carbocycles. The van der Waals surface area contributed by atoms with E-state index in [9.17, 15) is 4.79 Å². The van der Waals surface area contributed by atoms with Crippen LogP contribution in [0.25, 0.3) is 11.3 Å². The van der Waals surface area contributed by atoms with Crippen LogP contribution >= 0.6 is 11.5 Å². The van der Waals surface area contributed by atoms with Crippen molar-refractivity contribution in [3.05, 3.63) is 35.5 Å². The van der Waals surface area contributed by atoms with Gasteiger partial charge in [0.15, 0.2) is 0 Å². The summed E-state index contributed by atoms with van der Waals surface area (Å²) < 4.78 is 4.11. The third-order valence-corrected chi connectivity index (χ3v) is 6.00. The number of carbonyl (C=O) groups is 1. The van der Waals surface area contributed by atoms with E-state index in [1.165, 1.54) is 43.6 Å². The molecular weight excluding hydrogens is 332 g/mol. The summed E-state index contributed by atoms with van der Waals surface area (Å²) in [5.74, 6) is 1.55. The van der Waals surface area contributed by atoms with Crippen molar-refractivity contribution in [3.8, 4) is 11.3 Å². The number of hydrogen-bond acceptors (Lipinski definition) is 4. The van der Waals surface area contributed by atoms with Gasteiger partial charge in [-0.3, -0.25) is 4.98 Å². The second-order valence-electron chi connectivity index (χ2n) is 7.19. The molecule has 0 unspecified atom stereocenters. The number of nitrogens with one attached hydrogen (secondary N) is 2. The first kappa shape index (κ1) is 16.5. The number of carbonyl (C=O) groups excluding carboxylic acids is 1. The van der Waals surface area contributed by atoms with Crippen molar-refractivity contribution in [2.75, 3.05) is 0 Å². The summed E-state index contributed by atoms with van der Waals surface area (Å²) in [6.07, 6.45) is 11.6. The highest BCUT2D eigenvalue weighted by molar-refractivity contribution is 7.03. The lowest BCUT2D eigenvalue weighted by Crippen LogP contribution is -2.37. The molecular formula is C19H24N4OS. The van der Waals surface area contributed by atoms with E-state index in [1.54, 1.807) is 6.20 Å². The fourth-order valence-electron chi connectivity index (χ4n) is 3.94. The molecule has 2 N–H and O–H groups in total. The van der Waals surface area contributed by atoms with E-state index in [2.05, 4.69) is 20.0 Å². The predicted molar refractivity (Wildman–Crippen MR) is 99.2 cm³/mol. The molecule has 132 valence electrons. The molecule has 2 saturated carbocycles. The van der Waals surface area contributed by atoms with Gasteiger partial charge in [-0.1, -0.05) is 32.1 Å². The third kappa shape index (κ3) is 4.18. The first-order chi connectivity index (χ1) is 12.3. The molecule has 2 heterocycles. The zero-order valence-electron chi connectivity index (χ0n) is 14.3. The van der Waals surface area contributed by atoms with Crippen molar-refractivity contribution in [1.29, 1.82) is 0 Å². The number of pyridine rings is 1. The normalized spacial score (nSPS) is 23.2. The molecule has 2 amide bonds. The number of amides is 2. The van der Waals surface area contributed by atoms with Crippen LogP contribution in [0.4, 0.5) is 4.79 Å². The van der Waals surface area contributed by atoms with Gasteiger partial charge in [-0.2, -0.15) is 0 Å². The summed E-state index contributed by atoms with van der Waals surface area (Å²) in [6, 6.07) is 4.27. The highest BCUT2D eigenvalue weighted by Crippen LogP contribution is 2.44. The van der Waals surface area contributed by atoms with Gasteiger partial charge in [0.2, 0.25) is 0 Å². The summed E-state index contributed by atoms with van der Waals surface area (Å²) in [5, 5.41) is 8.09. The minimum absolute atomic E-state index is 0.0566. The molecule has 2 aromatic rings. The topological polar surface area (TPSA) is 66.9 Å². The molecule has 0 spiro atoms. The lowest BCUT2D eigenvalue weighted by atomic mass is 9.85. The Bertz CT molecular complexity index is 712. The Kier molecular flexibility index (Phi) is 4.97. The molecule has 2 fully saturated rings. The molecule has 4 rings (SSSR count). The first-order valence-corrected chi connectivity index (χ1v) is 10.0. The predicted octanol–water partition coefficient (Wildman–Crippen LogP) is 3.97. The number of urea groups is 1. The van der Waals surface area contributed by atoms with Gasteiger partial charge >= 0.3 is 6.03 Å². The van der Waals surface area contributed by atoms with Crippen LogP contribution in [0.2, 0.25) is 0 Å². The molecule has 0 bridgehead atoms. The van der Waals surface area contributed by atoms with Crippen LogP contribution in [0.5, 0.6) is 0 Å². The summed E-state index contributed by atoms with van der Waals surface area (Å²) in [4.78, 5) is 16.5. The van der Waals surface area contributed by atoms with Crippen molar-refractivity contribution in [2.24, 2.45) is 11.8 Å². The fraction of sp³-hybridized carbons (Fsp3) is 0.526. The number of aromatic nitrogens is 2. The Morgan fingerprint density at radius 1 is 1.28 bits per heavy atom. The Morgan fingerprint density at radius 3 is 2.96 bits per heavy atom. The van der Waals surface area contributed by atoms with Gasteiger partial charge in [0.05, 0.1) is 11.9 Å². The SMILES string of the molecule is O=C(NCc1ccnc(-c2cnsc2)c1)N[C@@H]1C[C@H]1C1CCCCC1. The Balaban J connectivity index is 1.25. The lowest BCUT2D eigenvalue weighted by Gasteiger charge is -2.21. The van der Waals surface area contributed by atoms with Gasteiger partial charge in [0.1, 0.15) is 0 Å². The minimum atomic E-state index is -0.0566. The average Bonchev–Trinajstić information content (AvgIpc) is 3.19. The third-order valence-electron chi connectivity index (χ3n) is 5.42. The van der Waals surface area contributed by atoms with Gasteiger partial charge in [-0.15, -0.1) is 0 Å². The van der Waals surface area contributed by atoms with E-state index in [-0.39, 0.29) is 6.03 Å². The standard InChI is InChI=1S/C19H24N4OS/c24-19(23-18-9-16(18)14-4-2-1-3-5-14)21-10-13-6-7-20-17(8-13)15-11-22-25-12-15/h6-8,11-12,14,16,18H,1-5,9-10H2,(H2,21,23,24)/t16-,18+/m0/s1. The smallest absolute Gasteiger partial charge is 0.315 e. The second kappa shape index (κ2) is 7.52. The zero-order chi connectivity index (χ0) is 17.1. The van der Waals surface area contributed by atoms with E-state index < -0.39 is 0 Å². The summed E-state index contributed by atoms with van der Waals surface area (Å²) in [5.41, 5.74) is 2.96. The number of rotatable bonds is 5. The van der Waals surface area contributed by atoms with Gasteiger partial charge in [0, 0.05) is 29.7 Å². The lowest BCUT2D eigenvalue weighted by molar-refractivity contribution is 0.238. The molecule has 25 heavy (non-hydrogen) atoms. The van der Waals surface area contributed by atoms with Crippen molar-refractivity contribution in [2.45, 2.75) is 51.1 Å². The summed E-state index contributed by atoms with van der Waals surface area (Å²) in [7, 11) is 0. The van der Waals surface area contributed by atoms with Crippen LogP contribution in [0.1, 0.15) is 44.1 Å². The highest BCUT2D eigenvalue weighted by Gasteiger charge is 2.43. The van der Waals surface area contributed by atoms with E-state index in [1.807, 2.05) is 23.7 Å². The van der Waals surface area contributed by atoms with Crippen LogP contribution in [-0.4, -0.2) is 21.4 Å². The van der Waals surface area contributed by atoms with Crippen molar-refractivity contribution in [1.82, 2.24) is 20.0 Å². The molecule has 5 nitrogen and oxygen atoms in total. The van der Waals surface area contributed by atoms with Gasteiger partial charge in [0.25, 0.3) is 0 Å². The average molecular weight is 356 g/mol. The van der Waals surface area contributed by atoms with E-state index >= 15 is 0 Å². The fourth-order valence-corrected chi connectivity index (χ4v) is 4.47. The molecule has 2 aromatic heterocycles. The molecule has 0 radical (unpaired) electrons. The van der Waals surface area contributed by atoms with Gasteiger partial charge in [-0.25, -0.2) is 9.17 Å². The molecule has 2 aliphatic rings. The maximum absolute atomic E-state index is 12.2. The first-order valence-electron chi connectivity index (χ1n) is 9.18. The minimum Gasteiger partial charge on any atom is -0.335 e. The second-order valence-corrected chi connectivity index (χ2v) is 7.85. The Morgan fingerprint density at radius 2 is 2.16 bits per heavy atom. The van der Waals surface area contributed by atoms with E-state index in [0.29, 0.717) is 18.5 Å². The monoisotopic (exact) mass is 356 g/mol. The number of hydrogen-bond donors (Lipinski definition) is 2. The molecule has 2 atom stereocenters. The van der Waals surface area contributed by atoms with Gasteiger partial charge < -0.3 is 10.6 Å². The molecule has 0 aliphatic heterocycles. The largest absolute Gasteiger partial charge is 0.335 e. The quantitative estimate of drug-likeness (QED) is 0.852. The van der Waals surface area contributed by atoms with Crippen molar-refractivity contribution >= 4 is 17.6 Å². The summed E-state index contributed by atoms with van der Waals surface area (Å²) in [6.45, 7) is 0.514. The zero-order valence-corrected chi connectivity index (χ0v) is 15.1. The van der Waals surface area contributed by atoms with Gasteiger partial charge in [-0.05, 0) is 47.5 Å².